The third kappa shape index (κ3) is 2.78. The lowest BCUT2D eigenvalue weighted by Gasteiger charge is -2.18. The van der Waals surface area contributed by atoms with Gasteiger partial charge in [0.05, 0.1) is 0 Å². The van der Waals surface area contributed by atoms with Crippen LogP contribution in [0.15, 0.2) is 30.3 Å². The fraction of sp³-hybridized carbons (Fsp3) is 0.385. The number of nitrogens with one attached hydrogen (secondary N) is 1. The molecule has 8 heteroatoms. The summed E-state index contributed by atoms with van der Waals surface area (Å²) in [6.45, 7) is 1.78. The minimum Gasteiger partial charge on any atom is -0.390 e. The molecule has 1 saturated heterocycles. The molecule has 2 heterocycles. The van der Waals surface area contributed by atoms with Crippen LogP contribution in [0.4, 0.5) is 17.6 Å². The van der Waals surface area contributed by atoms with Crippen molar-refractivity contribution < 1.29 is 4.92 Å². The fourth-order valence-corrected chi connectivity index (χ4v) is 2.51. The van der Waals surface area contributed by atoms with E-state index in [4.69, 9.17) is 0 Å². The summed E-state index contributed by atoms with van der Waals surface area (Å²) in [7, 11) is 1.65. The zero-order valence-electron chi connectivity index (χ0n) is 11.6. The highest BCUT2D eigenvalue weighted by molar-refractivity contribution is 5.48. The van der Waals surface area contributed by atoms with Gasteiger partial charge in [0.15, 0.2) is 0 Å². The largest absolute Gasteiger partial charge is 0.493 e. The first-order valence-corrected chi connectivity index (χ1v) is 6.75. The first-order valence-electron chi connectivity index (χ1n) is 6.75. The molecule has 1 fully saturated rings. The lowest BCUT2D eigenvalue weighted by atomic mass is 10.3. The van der Waals surface area contributed by atoms with Crippen molar-refractivity contribution in [1.82, 2.24) is 14.8 Å². The molecule has 1 unspecified atom stereocenters. The van der Waals surface area contributed by atoms with Crippen LogP contribution in [-0.2, 0) is 7.05 Å². The zero-order valence-corrected chi connectivity index (χ0v) is 11.6. The Morgan fingerprint density at radius 1 is 1.38 bits per heavy atom. The normalized spacial score (nSPS) is 18.0. The minimum atomic E-state index is -0.587. The van der Waals surface area contributed by atoms with E-state index in [1.54, 1.807) is 7.05 Å². The smallest absolute Gasteiger partial charge is 0.390 e. The molecular weight excluding hydrogens is 272 g/mol. The van der Waals surface area contributed by atoms with E-state index >= 15 is 0 Å². The van der Waals surface area contributed by atoms with E-state index in [1.165, 1.54) is 10.4 Å². The standard InChI is InChI=1S/C13H16N6O2/c1-17-12(15-13(16-17)19(20)21)14-10-7-8-18(9-10)11-5-3-2-4-6-11/h2-6,10H,7-9H2,1H3,(H,14,15,16). The molecule has 1 atom stereocenters. The molecule has 1 aliphatic rings. The van der Waals surface area contributed by atoms with Crippen molar-refractivity contribution in [1.29, 1.82) is 0 Å². The summed E-state index contributed by atoms with van der Waals surface area (Å²) in [5.41, 5.74) is 1.19. The van der Waals surface area contributed by atoms with Gasteiger partial charge in [-0.3, -0.25) is 0 Å². The van der Waals surface area contributed by atoms with Crippen molar-refractivity contribution in [3.8, 4) is 0 Å². The average Bonchev–Trinajstić information content (AvgIpc) is 3.08. The molecule has 1 aliphatic heterocycles. The molecule has 0 radical (unpaired) electrons. The number of aromatic nitrogens is 3. The Bertz CT molecular complexity index is 641. The quantitative estimate of drug-likeness (QED) is 0.676. The summed E-state index contributed by atoms with van der Waals surface area (Å²) in [4.78, 5) is 16.3. The SMILES string of the molecule is Cn1nc([N+](=O)[O-])nc1NC1CCN(c2ccccc2)C1. The molecule has 21 heavy (non-hydrogen) atoms. The zero-order chi connectivity index (χ0) is 14.8. The number of hydrogen-bond acceptors (Lipinski definition) is 6. The Balaban J connectivity index is 1.66. The van der Waals surface area contributed by atoms with Crippen LogP contribution >= 0.6 is 0 Å². The maximum Gasteiger partial charge on any atom is 0.493 e. The van der Waals surface area contributed by atoms with Gasteiger partial charge in [0.2, 0.25) is 0 Å². The van der Waals surface area contributed by atoms with Gasteiger partial charge in [-0.25, -0.2) is 0 Å². The summed E-state index contributed by atoms with van der Waals surface area (Å²) < 4.78 is 1.41. The number of aryl methyl sites for hydroxylation is 1. The Labute approximate surface area is 121 Å². The summed E-state index contributed by atoms with van der Waals surface area (Å²) in [5, 5.41) is 17.7. The van der Waals surface area contributed by atoms with Crippen LogP contribution in [0.1, 0.15) is 6.42 Å². The van der Waals surface area contributed by atoms with Crippen LogP contribution < -0.4 is 10.2 Å². The van der Waals surface area contributed by atoms with E-state index in [9.17, 15) is 10.1 Å². The molecule has 0 amide bonds. The summed E-state index contributed by atoms with van der Waals surface area (Å²) in [6.07, 6.45) is 0.954. The fourth-order valence-electron chi connectivity index (χ4n) is 2.51. The van der Waals surface area contributed by atoms with Gasteiger partial charge in [0.1, 0.15) is 0 Å². The topological polar surface area (TPSA) is 89.1 Å². The number of nitro groups is 1. The molecule has 1 N–H and O–H groups in total. The van der Waals surface area contributed by atoms with Gasteiger partial charge in [-0.05, 0) is 28.5 Å². The number of rotatable bonds is 4. The summed E-state index contributed by atoms with van der Waals surface area (Å²) >= 11 is 0. The minimum absolute atomic E-state index is 0.202. The van der Waals surface area contributed by atoms with Gasteiger partial charge < -0.3 is 20.3 Å². The van der Waals surface area contributed by atoms with Crippen molar-refractivity contribution in [2.75, 3.05) is 23.3 Å². The lowest BCUT2D eigenvalue weighted by Crippen LogP contribution is -2.27. The Morgan fingerprint density at radius 2 is 2.14 bits per heavy atom. The first kappa shape index (κ1) is 13.3. The van der Waals surface area contributed by atoms with E-state index in [0.29, 0.717) is 5.95 Å². The van der Waals surface area contributed by atoms with Crippen molar-refractivity contribution in [3.05, 3.63) is 40.4 Å². The van der Waals surface area contributed by atoms with Crippen LogP contribution in [0.3, 0.4) is 0 Å². The monoisotopic (exact) mass is 288 g/mol. The van der Waals surface area contributed by atoms with Crippen LogP contribution in [0.2, 0.25) is 0 Å². The van der Waals surface area contributed by atoms with Crippen molar-refractivity contribution in [3.63, 3.8) is 0 Å². The third-order valence-electron chi connectivity index (χ3n) is 3.56. The number of hydrogen-bond donors (Lipinski definition) is 1. The van der Waals surface area contributed by atoms with E-state index in [0.717, 1.165) is 19.5 Å². The average molecular weight is 288 g/mol. The highest BCUT2D eigenvalue weighted by Crippen LogP contribution is 2.22. The summed E-state index contributed by atoms with van der Waals surface area (Å²) in [6, 6.07) is 10.4. The van der Waals surface area contributed by atoms with E-state index < -0.39 is 4.92 Å². The van der Waals surface area contributed by atoms with Crippen LogP contribution in [0, 0.1) is 10.1 Å². The molecule has 0 spiro atoms. The van der Waals surface area contributed by atoms with E-state index in [-0.39, 0.29) is 12.0 Å². The van der Waals surface area contributed by atoms with Crippen molar-refractivity contribution in [2.24, 2.45) is 7.05 Å². The van der Waals surface area contributed by atoms with Crippen LogP contribution in [0.25, 0.3) is 0 Å². The summed E-state index contributed by atoms with van der Waals surface area (Å²) in [5.74, 6) is 0.0551. The maximum atomic E-state index is 10.7. The second kappa shape index (κ2) is 5.39. The highest BCUT2D eigenvalue weighted by Gasteiger charge is 2.26. The Kier molecular flexibility index (Phi) is 3.43. The van der Waals surface area contributed by atoms with Crippen LogP contribution in [-0.4, -0.2) is 38.8 Å². The number of anilines is 2. The van der Waals surface area contributed by atoms with Gasteiger partial charge in [-0.15, -0.1) is 0 Å². The van der Waals surface area contributed by atoms with Crippen molar-refractivity contribution >= 4 is 17.6 Å². The molecule has 2 aromatic rings. The van der Waals surface area contributed by atoms with Crippen molar-refractivity contribution in [2.45, 2.75) is 12.5 Å². The van der Waals surface area contributed by atoms with Gasteiger partial charge >= 0.3 is 11.9 Å². The molecule has 1 aromatic heterocycles. The number of benzene rings is 1. The molecule has 0 bridgehead atoms. The van der Waals surface area contributed by atoms with E-state index in [1.807, 2.05) is 18.2 Å². The van der Waals surface area contributed by atoms with Gasteiger partial charge in [0, 0.05) is 37.0 Å². The molecule has 0 aliphatic carbocycles. The molecule has 8 nitrogen and oxygen atoms in total. The first-order chi connectivity index (χ1) is 10.1. The highest BCUT2D eigenvalue weighted by atomic mass is 16.6. The molecule has 1 aromatic carbocycles. The molecule has 0 saturated carbocycles. The molecular formula is C13H16N6O2. The van der Waals surface area contributed by atoms with Gasteiger partial charge in [-0.1, -0.05) is 18.2 Å². The predicted octanol–water partition coefficient (Wildman–Crippen LogP) is 1.41. The third-order valence-corrected chi connectivity index (χ3v) is 3.56. The molecule has 3 rings (SSSR count). The number of nitrogens with zero attached hydrogens (tertiary/aromatic N) is 5. The van der Waals surface area contributed by atoms with Gasteiger partial charge in [0.25, 0.3) is 0 Å². The second-order valence-corrected chi connectivity index (χ2v) is 5.03. The maximum absolute atomic E-state index is 10.7. The lowest BCUT2D eigenvalue weighted by molar-refractivity contribution is -0.394. The predicted molar refractivity (Wildman–Crippen MR) is 78.3 cm³/mol. The van der Waals surface area contributed by atoms with E-state index in [2.05, 4.69) is 32.4 Å². The Hall–Kier alpha value is -2.64. The van der Waals surface area contributed by atoms with Gasteiger partial charge in [-0.2, -0.15) is 4.68 Å². The Morgan fingerprint density at radius 3 is 2.81 bits per heavy atom. The second-order valence-electron chi connectivity index (χ2n) is 5.03. The van der Waals surface area contributed by atoms with Crippen LogP contribution in [0.5, 0.6) is 0 Å². The number of para-hydroxylation sites is 1. The molecule has 110 valence electrons.